The molecular weight excluding hydrogens is 228 g/mol. The van der Waals surface area contributed by atoms with Crippen molar-refractivity contribution in [3.63, 3.8) is 0 Å². The van der Waals surface area contributed by atoms with Crippen LogP contribution in [0.15, 0.2) is 36.4 Å². The van der Waals surface area contributed by atoms with Crippen LogP contribution in [0.25, 0.3) is 11.1 Å². The summed E-state index contributed by atoms with van der Waals surface area (Å²) >= 11 is 0. The van der Waals surface area contributed by atoms with Crippen molar-refractivity contribution >= 4 is 0 Å². The van der Waals surface area contributed by atoms with Gasteiger partial charge in [-0.25, -0.2) is 0 Å². The Morgan fingerprint density at radius 2 is 1.56 bits per heavy atom. The highest BCUT2D eigenvalue weighted by molar-refractivity contribution is 5.75. The second-order valence-electron chi connectivity index (χ2n) is 4.43. The lowest BCUT2D eigenvalue weighted by atomic mass is 9.94. The normalized spacial score (nSPS) is 12.6. The Labute approximate surface area is 105 Å². The summed E-state index contributed by atoms with van der Waals surface area (Å²) in [5, 5.41) is 18.3. The minimum absolute atomic E-state index is 0.0208. The highest BCUT2D eigenvalue weighted by Gasteiger charge is 2.17. The molecule has 1 aliphatic heterocycles. The van der Waals surface area contributed by atoms with Crippen LogP contribution in [0.1, 0.15) is 16.7 Å². The number of hydrogen-bond acceptors (Lipinski definition) is 3. The van der Waals surface area contributed by atoms with Crippen LogP contribution in [-0.2, 0) is 19.8 Å². The van der Waals surface area contributed by atoms with E-state index in [0.717, 1.165) is 33.6 Å². The van der Waals surface area contributed by atoms with Gasteiger partial charge >= 0.3 is 0 Å². The Balaban J connectivity index is 2.11. The minimum Gasteiger partial charge on any atom is -0.488 e. The second-order valence-corrected chi connectivity index (χ2v) is 4.43. The molecule has 0 aromatic heterocycles. The summed E-state index contributed by atoms with van der Waals surface area (Å²) in [6, 6.07) is 11.7. The second kappa shape index (κ2) is 4.44. The first kappa shape index (κ1) is 11.3. The van der Waals surface area contributed by atoms with Gasteiger partial charge in [0.15, 0.2) is 0 Å². The summed E-state index contributed by atoms with van der Waals surface area (Å²) in [7, 11) is 0. The van der Waals surface area contributed by atoms with Gasteiger partial charge in [0.05, 0.1) is 13.2 Å². The van der Waals surface area contributed by atoms with Gasteiger partial charge in [0.2, 0.25) is 0 Å². The molecule has 18 heavy (non-hydrogen) atoms. The summed E-state index contributed by atoms with van der Waals surface area (Å²) in [5.74, 6) is 0.811. The molecule has 2 aromatic rings. The van der Waals surface area contributed by atoms with Crippen molar-refractivity contribution in [3.8, 4) is 16.9 Å². The third-order valence-electron chi connectivity index (χ3n) is 3.25. The van der Waals surface area contributed by atoms with Crippen molar-refractivity contribution in [2.45, 2.75) is 19.8 Å². The van der Waals surface area contributed by atoms with Crippen LogP contribution in [0.3, 0.4) is 0 Å². The number of benzene rings is 2. The van der Waals surface area contributed by atoms with Crippen molar-refractivity contribution in [2.75, 3.05) is 0 Å². The van der Waals surface area contributed by atoms with E-state index in [1.54, 1.807) is 0 Å². The molecule has 92 valence electrons. The summed E-state index contributed by atoms with van der Waals surface area (Å²) in [4.78, 5) is 0. The predicted octanol–water partition coefficient (Wildman–Crippen LogP) is 2.23. The number of aliphatic hydroxyl groups excluding tert-OH is 2. The zero-order chi connectivity index (χ0) is 12.5. The van der Waals surface area contributed by atoms with Gasteiger partial charge in [-0.3, -0.25) is 0 Å². The van der Waals surface area contributed by atoms with Gasteiger partial charge in [-0.2, -0.15) is 0 Å². The number of ether oxygens (including phenoxy) is 1. The van der Waals surface area contributed by atoms with Gasteiger partial charge in [0.1, 0.15) is 12.4 Å². The molecule has 0 bridgehead atoms. The maximum atomic E-state index is 9.13. The molecule has 0 aliphatic carbocycles. The van der Waals surface area contributed by atoms with Crippen LogP contribution in [-0.4, -0.2) is 10.2 Å². The summed E-state index contributed by atoms with van der Waals surface area (Å²) in [6.45, 7) is 0.571. The zero-order valence-corrected chi connectivity index (χ0v) is 9.89. The molecule has 0 amide bonds. The van der Waals surface area contributed by atoms with Gasteiger partial charge in [-0.1, -0.05) is 24.3 Å². The highest BCUT2D eigenvalue weighted by Crippen LogP contribution is 2.38. The number of fused-ring (bicyclic) bond motifs is 3. The van der Waals surface area contributed by atoms with Crippen LogP contribution in [0.4, 0.5) is 0 Å². The van der Waals surface area contributed by atoms with Crippen molar-refractivity contribution in [1.29, 1.82) is 0 Å². The maximum absolute atomic E-state index is 9.13. The Kier molecular flexibility index (Phi) is 2.78. The first-order valence-electron chi connectivity index (χ1n) is 5.91. The van der Waals surface area contributed by atoms with Crippen molar-refractivity contribution in [3.05, 3.63) is 53.1 Å². The fourth-order valence-electron chi connectivity index (χ4n) is 2.29. The molecule has 3 rings (SSSR count). The van der Waals surface area contributed by atoms with E-state index in [9.17, 15) is 0 Å². The molecule has 0 spiro atoms. The zero-order valence-electron chi connectivity index (χ0n) is 9.89. The van der Waals surface area contributed by atoms with Crippen LogP contribution >= 0.6 is 0 Å². The summed E-state index contributed by atoms with van der Waals surface area (Å²) in [5.41, 5.74) is 5.01. The molecule has 0 unspecified atom stereocenters. The standard InChI is InChI=1S/C15H14O3/c16-7-10-1-3-13-12(5-10)9-18-15-6-11(8-17)2-4-14(13)15/h1-6,16-17H,7-9H2. The van der Waals surface area contributed by atoms with Gasteiger partial charge in [0, 0.05) is 5.56 Å². The third-order valence-corrected chi connectivity index (χ3v) is 3.25. The number of aliphatic hydroxyl groups is 2. The quantitative estimate of drug-likeness (QED) is 0.849. The SMILES string of the molecule is OCc1ccc2c(c1)COc1cc(CO)ccc1-2. The largest absolute Gasteiger partial charge is 0.488 e. The molecule has 2 aromatic carbocycles. The Morgan fingerprint density at radius 1 is 0.889 bits per heavy atom. The molecular formula is C15H14O3. The summed E-state index contributed by atoms with van der Waals surface area (Å²) < 4.78 is 5.70. The first-order chi connectivity index (χ1) is 8.81. The lowest BCUT2D eigenvalue weighted by Gasteiger charge is -2.21. The van der Waals surface area contributed by atoms with E-state index in [2.05, 4.69) is 0 Å². The molecule has 1 aliphatic rings. The Morgan fingerprint density at radius 3 is 2.28 bits per heavy atom. The van der Waals surface area contributed by atoms with E-state index in [1.165, 1.54) is 0 Å². The highest BCUT2D eigenvalue weighted by atomic mass is 16.5. The van der Waals surface area contributed by atoms with E-state index in [4.69, 9.17) is 14.9 Å². The average Bonchev–Trinajstić information content (AvgIpc) is 2.45. The predicted molar refractivity (Wildman–Crippen MR) is 68.1 cm³/mol. The molecule has 0 saturated carbocycles. The molecule has 0 fully saturated rings. The number of hydrogen-bond donors (Lipinski definition) is 2. The molecule has 0 radical (unpaired) electrons. The molecule has 3 nitrogen and oxygen atoms in total. The Bertz CT molecular complexity index is 537. The third kappa shape index (κ3) is 1.78. The van der Waals surface area contributed by atoms with Crippen LogP contribution in [0.5, 0.6) is 5.75 Å². The van der Waals surface area contributed by atoms with Gasteiger partial charge in [0.25, 0.3) is 0 Å². The lowest BCUT2D eigenvalue weighted by molar-refractivity contribution is 0.275. The molecule has 0 saturated heterocycles. The maximum Gasteiger partial charge on any atom is 0.128 e. The van der Waals surface area contributed by atoms with Gasteiger partial charge in [-0.15, -0.1) is 0 Å². The average molecular weight is 242 g/mol. The van der Waals surface area contributed by atoms with Crippen molar-refractivity contribution < 1.29 is 14.9 Å². The molecule has 2 N–H and O–H groups in total. The van der Waals surface area contributed by atoms with Gasteiger partial charge < -0.3 is 14.9 Å². The Hall–Kier alpha value is -1.84. The number of rotatable bonds is 2. The lowest BCUT2D eigenvalue weighted by Crippen LogP contribution is -2.06. The molecule has 0 atom stereocenters. The van der Waals surface area contributed by atoms with E-state index in [1.807, 2.05) is 36.4 Å². The smallest absolute Gasteiger partial charge is 0.128 e. The summed E-state index contributed by atoms with van der Waals surface area (Å²) in [6.07, 6.45) is 0. The van der Waals surface area contributed by atoms with Gasteiger partial charge in [-0.05, 0) is 34.4 Å². The van der Waals surface area contributed by atoms with E-state index in [0.29, 0.717) is 6.61 Å². The monoisotopic (exact) mass is 242 g/mol. The molecule has 1 heterocycles. The topological polar surface area (TPSA) is 49.7 Å². The van der Waals surface area contributed by atoms with Crippen LogP contribution in [0, 0.1) is 0 Å². The molecule has 3 heteroatoms. The fourth-order valence-corrected chi connectivity index (χ4v) is 2.29. The van der Waals surface area contributed by atoms with Crippen molar-refractivity contribution in [2.24, 2.45) is 0 Å². The minimum atomic E-state index is 0.0208. The van der Waals surface area contributed by atoms with E-state index < -0.39 is 0 Å². The van der Waals surface area contributed by atoms with Crippen molar-refractivity contribution in [1.82, 2.24) is 0 Å². The van der Waals surface area contributed by atoms with Crippen LogP contribution < -0.4 is 4.74 Å². The van der Waals surface area contributed by atoms with E-state index in [-0.39, 0.29) is 13.2 Å². The van der Waals surface area contributed by atoms with Crippen LogP contribution in [0.2, 0.25) is 0 Å². The fraction of sp³-hybridized carbons (Fsp3) is 0.200. The first-order valence-corrected chi connectivity index (χ1v) is 5.91. The van der Waals surface area contributed by atoms with E-state index >= 15 is 0 Å².